The van der Waals surface area contributed by atoms with E-state index in [0.717, 1.165) is 0 Å². The first-order valence-electron chi connectivity index (χ1n) is 4.88. The summed E-state index contributed by atoms with van der Waals surface area (Å²) >= 11 is 0. The highest BCUT2D eigenvalue weighted by molar-refractivity contribution is 4.89. The van der Waals surface area contributed by atoms with Gasteiger partial charge in [0, 0.05) is 5.92 Å². The first-order valence-corrected chi connectivity index (χ1v) is 4.88. The molecule has 5 atom stereocenters. The molecule has 14 heavy (non-hydrogen) atoms. The third-order valence-corrected chi connectivity index (χ3v) is 2.57. The third kappa shape index (κ3) is 1.66. The zero-order valence-electron chi connectivity index (χ0n) is 8.29. The van der Waals surface area contributed by atoms with Gasteiger partial charge in [-0.2, -0.15) is 0 Å². The first-order chi connectivity index (χ1) is 6.59. The van der Waals surface area contributed by atoms with E-state index in [4.69, 9.17) is 14.2 Å². The van der Waals surface area contributed by atoms with Crippen LogP contribution in [0.5, 0.6) is 0 Å². The Kier molecular flexibility index (Phi) is 2.77. The van der Waals surface area contributed by atoms with E-state index >= 15 is 0 Å². The summed E-state index contributed by atoms with van der Waals surface area (Å²) in [5.41, 5.74) is 0. The molecular weight excluding hydrogens is 188 g/mol. The van der Waals surface area contributed by atoms with Crippen LogP contribution in [0, 0.1) is 5.92 Å². The fourth-order valence-electron chi connectivity index (χ4n) is 1.75. The van der Waals surface area contributed by atoms with Crippen molar-refractivity contribution in [2.75, 3.05) is 6.61 Å². The van der Waals surface area contributed by atoms with Crippen LogP contribution in [0.4, 0.5) is 0 Å². The van der Waals surface area contributed by atoms with E-state index in [-0.39, 0.29) is 18.3 Å². The maximum Gasteiger partial charge on any atom is 0.184 e. The molecule has 0 saturated carbocycles. The number of rotatable bonds is 1. The van der Waals surface area contributed by atoms with E-state index in [9.17, 15) is 10.2 Å². The molecule has 0 spiro atoms. The van der Waals surface area contributed by atoms with Gasteiger partial charge in [0.1, 0.15) is 18.3 Å². The maximum atomic E-state index is 9.54. The lowest BCUT2D eigenvalue weighted by molar-refractivity contribution is -0.263. The molecule has 2 heterocycles. The Hall–Kier alpha value is -0.200. The van der Waals surface area contributed by atoms with E-state index in [0.29, 0.717) is 6.61 Å². The van der Waals surface area contributed by atoms with Crippen LogP contribution in [0.1, 0.15) is 13.8 Å². The van der Waals surface area contributed by atoms with Gasteiger partial charge in [0.15, 0.2) is 12.6 Å². The van der Waals surface area contributed by atoms with Crippen LogP contribution in [0.2, 0.25) is 0 Å². The molecule has 0 aliphatic carbocycles. The summed E-state index contributed by atoms with van der Waals surface area (Å²) in [6.07, 6.45) is -3.26. The molecule has 0 aromatic rings. The Morgan fingerprint density at radius 2 is 1.93 bits per heavy atom. The Labute approximate surface area is 82.6 Å². The quantitative estimate of drug-likeness (QED) is 0.600. The number of fused-ring (bicyclic) bond motifs is 1. The van der Waals surface area contributed by atoms with Crippen LogP contribution >= 0.6 is 0 Å². The van der Waals surface area contributed by atoms with Crippen molar-refractivity contribution in [2.24, 2.45) is 5.92 Å². The van der Waals surface area contributed by atoms with E-state index in [1.807, 2.05) is 13.8 Å². The molecule has 0 aromatic heterocycles. The van der Waals surface area contributed by atoms with Gasteiger partial charge >= 0.3 is 0 Å². The maximum absolute atomic E-state index is 9.54. The van der Waals surface area contributed by atoms with Crippen LogP contribution in [-0.2, 0) is 14.2 Å². The normalized spacial score (nSPS) is 48.2. The largest absolute Gasteiger partial charge is 0.385 e. The Morgan fingerprint density at radius 3 is 2.57 bits per heavy atom. The predicted octanol–water partition coefficient (Wildman–Crippen LogP) is -0.538. The summed E-state index contributed by atoms with van der Waals surface area (Å²) in [6.45, 7) is 4.31. The molecule has 0 radical (unpaired) electrons. The number of aliphatic hydroxyl groups is 2. The molecule has 82 valence electrons. The van der Waals surface area contributed by atoms with Gasteiger partial charge in [0.05, 0.1) is 6.61 Å². The lowest BCUT2D eigenvalue weighted by Gasteiger charge is -2.34. The predicted molar refractivity (Wildman–Crippen MR) is 46.3 cm³/mol. The lowest BCUT2D eigenvalue weighted by Crippen LogP contribution is -2.47. The molecule has 2 rings (SSSR count). The van der Waals surface area contributed by atoms with Gasteiger partial charge < -0.3 is 24.4 Å². The smallest absolute Gasteiger partial charge is 0.184 e. The van der Waals surface area contributed by atoms with Gasteiger partial charge in [0.25, 0.3) is 0 Å². The standard InChI is InChI=1S/C9H16O5/c1-4(2)9-12-3-5-7(14-9)6(10)8(11)13-5/h4-11H,3H2,1-2H3/t5-,6-,7+,8+,9?/m1/s1. The van der Waals surface area contributed by atoms with Crippen molar-refractivity contribution in [3.05, 3.63) is 0 Å². The zero-order chi connectivity index (χ0) is 10.3. The van der Waals surface area contributed by atoms with Gasteiger partial charge in [-0.1, -0.05) is 13.8 Å². The summed E-state index contributed by atoms with van der Waals surface area (Å²) in [5.74, 6) is 0.223. The summed E-state index contributed by atoms with van der Waals surface area (Å²) in [7, 11) is 0. The minimum Gasteiger partial charge on any atom is -0.385 e. The Morgan fingerprint density at radius 1 is 1.21 bits per heavy atom. The molecule has 2 aliphatic rings. The molecule has 2 saturated heterocycles. The van der Waals surface area contributed by atoms with Crippen LogP contribution in [-0.4, -0.2) is 47.7 Å². The van der Waals surface area contributed by atoms with Crippen LogP contribution in [0.15, 0.2) is 0 Å². The van der Waals surface area contributed by atoms with Crippen molar-refractivity contribution in [3.8, 4) is 0 Å². The van der Waals surface area contributed by atoms with E-state index < -0.39 is 18.5 Å². The number of ether oxygens (including phenoxy) is 3. The molecule has 0 amide bonds. The third-order valence-electron chi connectivity index (χ3n) is 2.57. The summed E-state index contributed by atoms with van der Waals surface area (Å²) in [4.78, 5) is 0. The highest BCUT2D eigenvalue weighted by atomic mass is 16.7. The highest BCUT2D eigenvalue weighted by Gasteiger charge is 2.48. The van der Waals surface area contributed by atoms with Crippen molar-refractivity contribution in [2.45, 2.75) is 44.7 Å². The molecular formula is C9H16O5. The summed E-state index contributed by atoms with van der Waals surface area (Å²) < 4.78 is 15.9. The zero-order valence-corrected chi connectivity index (χ0v) is 8.29. The Balaban J connectivity index is 2.01. The monoisotopic (exact) mass is 204 g/mol. The topological polar surface area (TPSA) is 68.2 Å². The molecule has 1 unspecified atom stereocenters. The van der Waals surface area contributed by atoms with E-state index in [1.165, 1.54) is 0 Å². The molecule has 2 N–H and O–H groups in total. The first kappa shape index (κ1) is 10.3. The minimum atomic E-state index is -1.15. The van der Waals surface area contributed by atoms with Crippen LogP contribution in [0.25, 0.3) is 0 Å². The highest BCUT2D eigenvalue weighted by Crippen LogP contribution is 2.29. The van der Waals surface area contributed by atoms with Crippen molar-refractivity contribution in [1.29, 1.82) is 0 Å². The minimum absolute atomic E-state index is 0.223. The van der Waals surface area contributed by atoms with Gasteiger partial charge in [-0.15, -0.1) is 0 Å². The van der Waals surface area contributed by atoms with Crippen molar-refractivity contribution >= 4 is 0 Å². The number of aliphatic hydroxyl groups excluding tert-OH is 2. The lowest BCUT2D eigenvalue weighted by atomic mass is 10.1. The second kappa shape index (κ2) is 3.75. The fraction of sp³-hybridized carbons (Fsp3) is 1.00. The molecule has 2 fully saturated rings. The van der Waals surface area contributed by atoms with Gasteiger partial charge in [-0.3, -0.25) is 0 Å². The number of hydrogen-bond donors (Lipinski definition) is 2. The summed E-state index contributed by atoms with van der Waals surface area (Å²) in [6, 6.07) is 0. The summed E-state index contributed by atoms with van der Waals surface area (Å²) in [5, 5.41) is 18.8. The molecule has 0 aromatic carbocycles. The van der Waals surface area contributed by atoms with Crippen molar-refractivity contribution < 1.29 is 24.4 Å². The van der Waals surface area contributed by atoms with Crippen LogP contribution in [0.3, 0.4) is 0 Å². The second-order valence-electron chi connectivity index (χ2n) is 4.10. The van der Waals surface area contributed by atoms with E-state index in [2.05, 4.69) is 0 Å². The van der Waals surface area contributed by atoms with Gasteiger partial charge in [-0.05, 0) is 0 Å². The Bertz CT molecular complexity index is 207. The molecule has 5 heteroatoms. The van der Waals surface area contributed by atoms with Gasteiger partial charge in [0.2, 0.25) is 0 Å². The van der Waals surface area contributed by atoms with Crippen molar-refractivity contribution in [1.82, 2.24) is 0 Å². The average Bonchev–Trinajstić information content (AvgIpc) is 2.43. The van der Waals surface area contributed by atoms with E-state index in [1.54, 1.807) is 0 Å². The second-order valence-corrected chi connectivity index (χ2v) is 4.10. The van der Waals surface area contributed by atoms with Crippen molar-refractivity contribution in [3.63, 3.8) is 0 Å². The van der Waals surface area contributed by atoms with Crippen LogP contribution < -0.4 is 0 Å². The van der Waals surface area contributed by atoms with Gasteiger partial charge in [-0.25, -0.2) is 0 Å². The molecule has 0 bridgehead atoms. The number of hydrogen-bond acceptors (Lipinski definition) is 5. The fourth-order valence-corrected chi connectivity index (χ4v) is 1.75. The molecule has 5 nitrogen and oxygen atoms in total. The average molecular weight is 204 g/mol. The SMILES string of the molecule is CC(C)C1OC[C@H]2O[C@H](O)[C@H](O)[C@H]2O1. The molecule has 2 aliphatic heterocycles.